The van der Waals surface area contributed by atoms with Crippen LogP contribution in [0.1, 0.15) is 31.2 Å². The number of hydrogen-bond acceptors (Lipinski definition) is 1. The summed E-state index contributed by atoms with van der Waals surface area (Å²) in [5.41, 5.74) is 2.94. The van der Waals surface area contributed by atoms with Crippen molar-refractivity contribution >= 4 is 0 Å². The van der Waals surface area contributed by atoms with Crippen molar-refractivity contribution in [2.24, 2.45) is 11.8 Å². The highest BCUT2D eigenvalue weighted by Crippen LogP contribution is 2.41. The van der Waals surface area contributed by atoms with Crippen LogP contribution in [-0.2, 0) is 0 Å². The van der Waals surface area contributed by atoms with Crippen molar-refractivity contribution in [1.29, 1.82) is 0 Å². The van der Waals surface area contributed by atoms with Crippen molar-refractivity contribution in [2.75, 3.05) is 0 Å². The van der Waals surface area contributed by atoms with Crippen molar-refractivity contribution < 1.29 is 31.1 Å². The van der Waals surface area contributed by atoms with Crippen LogP contribution in [0.25, 0.3) is 11.1 Å². The monoisotopic (exact) mass is 428 g/mol. The van der Waals surface area contributed by atoms with E-state index < -0.39 is 29.9 Å². The molecule has 0 amide bonds. The maximum Gasteiger partial charge on any atom is 0.442 e. The van der Waals surface area contributed by atoms with Gasteiger partial charge in [-0.3, -0.25) is 0 Å². The van der Waals surface area contributed by atoms with Crippen LogP contribution in [0.2, 0.25) is 0 Å². The van der Waals surface area contributed by atoms with Crippen LogP contribution >= 0.6 is 0 Å². The molecule has 0 heterocycles. The van der Waals surface area contributed by atoms with E-state index in [1.807, 2.05) is 31.2 Å². The van der Waals surface area contributed by atoms with Crippen molar-refractivity contribution in [3.63, 3.8) is 0 Å². The number of halogens is 6. The molecule has 1 aliphatic rings. The Bertz CT molecular complexity index is 860. The van der Waals surface area contributed by atoms with Gasteiger partial charge in [-0.25, -0.2) is 4.39 Å². The van der Waals surface area contributed by atoms with Crippen LogP contribution in [0, 0.1) is 18.8 Å². The fourth-order valence-electron chi connectivity index (χ4n) is 3.63. The highest BCUT2D eigenvalue weighted by molar-refractivity contribution is 5.64. The topological polar surface area (TPSA) is 9.23 Å². The number of hydrogen-bond donors (Lipinski definition) is 0. The zero-order valence-electron chi connectivity index (χ0n) is 16.4. The minimum absolute atomic E-state index is 0.0148. The molecule has 0 spiro atoms. The average Bonchev–Trinajstić information content (AvgIpc) is 2.69. The Kier molecular flexibility index (Phi) is 6.48. The third-order valence-corrected chi connectivity index (χ3v) is 5.39. The lowest BCUT2D eigenvalue weighted by atomic mass is 9.81. The molecule has 0 N–H and O–H groups in total. The Labute approximate surface area is 171 Å². The summed E-state index contributed by atoms with van der Waals surface area (Å²) in [6, 6.07) is 14.1. The average molecular weight is 428 g/mol. The fraction of sp³-hybridized carbons (Fsp3) is 0.391. The molecule has 1 saturated carbocycles. The van der Waals surface area contributed by atoms with E-state index in [1.54, 1.807) is 12.1 Å². The number of benzene rings is 2. The van der Waals surface area contributed by atoms with E-state index in [-0.39, 0.29) is 31.4 Å². The first-order chi connectivity index (χ1) is 14.0. The first-order valence-corrected chi connectivity index (χ1v) is 9.73. The number of aryl methyl sites for hydroxylation is 1. The number of alkyl halides is 5. The number of allylic oxidation sites excluding steroid dienone is 2. The molecule has 0 atom stereocenters. The first kappa shape index (κ1) is 22.2. The molecule has 30 heavy (non-hydrogen) atoms. The van der Waals surface area contributed by atoms with Crippen LogP contribution in [-0.4, -0.2) is 12.3 Å². The van der Waals surface area contributed by atoms with Crippen molar-refractivity contribution in [2.45, 2.75) is 44.9 Å². The molecular weight excluding hydrogens is 406 g/mol. The van der Waals surface area contributed by atoms with Crippen LogP contribution in [0.3, 0.4) is 0 Å². The zero-order chi connectivity index (χ0) is 21.9. The summed E-state index contributed by atoms with van der Waals surface area (Å²) >= 11 is 0. The molecule has 0 aliphatic heterocycles. The van der Waals surface area contributed by atoms with Gasteiger partial charge < -0.3 is 4.74 Å². The smallest absolute Gasteiger partial charge is 0.432 e. The van der Waals surface area contributed by atoms with Crippen LogP contribution in [0.15, 0.2) is 60.4 Å². The molecule has 0 saturated heterocycles. The molecule has 0 unspecified atom stereocenters. The Morgan fingerprint density at radius 2 is 1.33 bits per heavy atom. The first-order valence-electron chi connectivity index (χ1n) is 9.73. The lowest BCUT2D eigenvalue weighted by molar-refractivity contribution is -0.223. The molecule has 0 aromatic heterocycles. The number of ether oxygens (including phenoxy) is 1. The second-order valence-corrected chi connectivity index (χ2v) is 7.68. The van der Waals surface area contributed by atoms with E-state index >= 15 is 0 Å². The van der Waals surface area contributed by atoms with Gasteiger partial charge in [0.2, 0.25) is 0 Å². The highest BCUT2D eigenvalue weighted by atomic mass is 19.4. The van der Waals surface area contributed by atoms with Gasteiger partial charge in [-0.1, -0.05) is 42.0 Å². The second-order valence-electron chi connectivity index (χ2n) is 7.68. The fourth-order valence-corrected chi connectivity index (χ4v) is 3.63. The summed E-state index contributed by atoms with van der Waals surface area (Å²) in [5.74, 6) is -3.98. The molecule has 1 aliphatic carbocycles. The molecule has 0 bridgehead atoms. The van der Waals surface area contributed by atoms with Gasteiger partial charge in [0.05, 0.1) is 5.92 Å². The van der Waals surface area contributed by atoms with Crippen LogP contribution in [0.4, 0.5) is 26.3 Å². The van der Waals surface area contributed by atoms with E-state index in [0.29, 0.717) is 6.08 Å². The van der Waals surface area contributed by atoms with E-state index in [2.05, 4.69) is 0 Å². The quantitative estimate of drug-likeness (QED) is 0.441. The van der Waals surface area contributed by atoms with E-state index in [0.717, 1.165) is 16.7 Å². The second kappa shape index (κ2) is 8.74. The molecule has 2 aromatic rings. The molecule has 2 aromatic carbocycles. The predicted octanol–water partition coefficient (Wildman–Crippen LogP) is 7.86. The van der Waals surface area contributed by atoms with Crippen molar-refractivity contribution in [1.82, 2.24) is 0 Å². The zero-order valence-corrected chi connectivity index (χ0v) is 16.4. The van der Waals surface area contributed by atoms with Crippen LogP contribution < -0.4 is 4.74 Å². The molecule has 3 rings (SSSR count). The van der Waals surface area contributed by atoms with Gasteiger partial charge in [0.25, 0.3) is 0 Å². The van der Waals surface area contributed by atoms with Gasteiger partial charge in [-0.2, -0.15) is 22.0 Å². The van der Waals surface area contributed by atoms with E-state index in [9.17, 15) is 26.3 Å². The van der Waals surface area contributed by atoms with Gasteiger partial charge in [0.15, 0.2) is 5.83 Å². The molecule has 0 radical (unpaired) electrons. The standard InChI is InChI=1S/C23H22F6O/c1-15-2-6-17(7-3-15)18-8-12-20(13-9-18)30-23(28,29)19-10-4-16(5-11-19)14-21(24)22(25,26)27/h2-3,6-9,12-14,16,19H,4-5,10-11H2,1H3. The molecule has 7 heteroatoms. The minimum atomic E-state index is -5.03. The van der Waals surface area contributed by atoms with Crippen molar-refractivity contribution in [3.8, 4) is 16.9 Å². The van der Waals surface area contributed by atoms with E-state index in [4.69, 9.17) is 4.74 Å². The summed E-state index contributed by atoms with van der Waals surface area (Å²) in [7, 11) is 0. The Morgan fingerprint density at radius 1 is 0.833 bits per heavy atom. The SMILES string of the molecule is Cc1ccc(-c2ccc(OC(F)(F)C3CCC(C=C(F)C(F)(F)F)CC3)cc2)cc1. The summed E-state index contributed by atoms with van der Waals surface area (Å²) in [5, 5.41) is 0. The van der Waals surface area contributed by atoms with Gasteiger partial charge in [0.1, 0.15) is 5.75 Å². The molecular formula is C23H22F6O. The van der Waals surface area contributed by atoms with Crippen molar-refractivity contribution in [3.05, 3.63) is 66.0 Å². The predicted molar refractivity (Wildman–Crippen MR) is 103 cm³/mol. The van der Waals surface area contributed by atoms with Gasteiger partial charge >= 0.3 is 12.3 Å². The highest BCUT2D eigenvalue weighted by Gasteiger charge is 2.44. The summed E-state index contributed by atoms with van der Waals surface area (Å²) in [4.78, 5) is 0. The summed E-state index contributed by atoms with van der Waals surface area (Å²) in [6.45, 7) is 1.97. The van der Waals surface area contributed by atoms with E-state index in [1.165, 1.54) is 12.1 Å². The molecule has 162 valence electrons. The maximum absolute atomic E-state index is 14.6. The molecule has 1 nitrogen and oxygen atoms in total. The van der Waals surface area contributed by atoms with Gasteiger partial charge in [-0.15, -0.1) is 0 Å². The van der Waals surface area contributed by atoms with Gasteiger partial charge in [-0.05, 0) is 67.9 Å². The maximum atomic E-state index is 14.6. The van der Waals surface area contributed by atoms with Gasteiger partial charge in [0, 0.05) is 0 Å². The Balaban J connectivity index is 1.59. The normalized spacial score (nSPS) is 20.8. The third-order valence-electron chi connectivity index (χ3n) is 5.39. The number of rotatable bonds is 5. The largest absolute Gasteiger partial charge is 0.442 e. The molecule has 1 fully saturated rings. The lowest BCUT2D eigenvalue weighted by Crippen LogP contribution is -2.37. The van der Waals surface area contributed by atoms with Crippen LogP contribution in [0.5, 0.6) is 5.75 Å². The third kappa shape index (κ3) is 5.58. The Morgan fingerprint density at radius 3 is 1.83 bits per heavy atom. The summed E-state index contributed by atoms with van der Waals surface area (Å²) < 4.78 is 83.9. The Hall–Kier alpha value is -2.44. The summed E-state index contributed by atoms with van der Waals surface area (Å²) in [6.07, 6.45) is -7.96. The minimum Gasteiger partial charge on any atom is -0.432 e. The lowest BCUT2D eigenvalue weighted by Gasteiger charge is -2.32.